The van der Waals surface area contributed by atoms with E-state index >= 15 is 0 Å². The van der Waals surface area contributed by atoms with Crippen molar-refractivity contribution in [3.05, 3.63) is 106 Å². The molecule has 0 amide bonds. The van der Waals surface area contributed by atoms with E-state index in [0.29, 0.717) is 11.5 Å². The van der Waals surface area contributed by atoms with Gasteiger partial charge in [0.15, 0.2) is 0 Å². The fraction of sp³-hybridized carbons (Fsp3) is 0.412. The molecule has 184 valence electrons. The third-order valence-electron chi connectivity index (χ3n) is 7.91. The normalized spacial score (nSPS) is 19.2. The lowest BCUT2D eigenvalue weighted by Crippen LogP contribution is -2.15. The Hall–Kier alpha value is -2.67. The Balaban J connectivity index is 1.27. The highest BCUT2D eigenvalue weighted by Crippen LogP contribution is 2.34. The largest absolute Gasteiger partial charge is 0.206 e. The lowest BCUT2D eigenvalue weighted by molar-refractivity contribution is 0.252. The number of rotatable bonds is 10. The van der Waals surface area contributed by atoms with Gasteiger partial charge in [0.2, 0.25) is 0 Å². The summed E-state index contributed by atoms with van der Waals surface area (Å²) < 4.78 is 14.8. The van der Waals surface area contributed by atoms with Crippen LogP contribution in [0.15, 0.2) is 72.8 Å². The number of benzene rings is 3. The van der Waals surface area contributed by atoms with Crippen molar-refractivity contribution in [1.82, 2.24) is 0 Å². The Bertz CT molecular complexity index is 1060. The van der Waals surface area contributed by atoms with Crippen LogP contribution >= 0.6 is 0 Å². The average Bonchev–Trinajstić information content (AvgIpc) is 2.89. The first-order valence-electron chi connectivity index (χ1n) is 13.7. The summed E-state index contributed by atoms with van der Waals surface area (Å²) in [7, 11) is 0. The smallest absolute Gasteiger partial charge is 0.130 e. The monoisotopic (exact) mass is 468 g/mol. The molecule has 1 aliphatic carbocycles. The van der Waals surface area contributed by atoms with Gasteiger partial charge in [-0.2, -0.15) is 0 Å². The molecule has 0 nitrogen and oxygen atoms in total. The molecular weight excluding hydrogens is 427 g/mol. The molecule has 0 aromatic heterocycles. The van der Waals surface area contributed by atoms with Crippen LogP contribution in [0, 0.1) is 17.7 Å². The topological polar surface area (TPSA) is 0 Å². The number of halogens is 1. The van der Waals surface area contributed by atoms with Gasteiger partial charge >= 0.3 is 0 Å². The Morgan fingerprint density at radius 1 is 0.800 bits per heavy atom. The molecule has 35 heavy (non-hydrogen) atoms. The molecule has 0 saturated heterocycles. The first kappa shape index (κ1) is 25.4. The molecule has 0 spiro atoms. The summed E-state index contributed by atoms with van der Waals surface area (Å²) in [5.74, 6) is 2.15. The summed E-state index contributed by atoms with van der Waals surface area (Å²) >= 11 is 0. The van der Waals surface area contributed by atoms with Crippen molar-refractivity contribution in [3.63, 3.8) is 0 Å². The van der Waals surface area contributed by atoms with Crippen LogP contribution in [-0.4, -0.2) is 0 Å². The third kappa shape index (κ3) is 7.66. The van der Waals surface area contributed by atoms with Gasteiger partial charge in [0.1, 0.15) is 5.82 Å². The number of aryl methyl sites for hydroxylation is 1. The second-order valence-electron chi connectivity index (χ2n) is 10.7. The summed E-state index contributed by atoms with van der Waals surface area (Å²) in [4.78, 5) is 0. The Labute approximate surface area is 212 Å². The molecule has 1 unspecified atom stereocenters. The predicted octanol–water partition coefficient (Wildman–Crippen LogP) is 9.88. The van der Waals surface area contributed by atoms with Crippen molar-refractivity contribution in [2.45, 2.75) is 77.6 Å². The lowest BCUT2D eigenvalue weighted by Gasteiger charge is -2.28. The van der Waals surface area contributed by atoms with Gasteiger partial charge < -0.3 is 0 Å². The molecular formula is C34H41F. The first-order valence-corrected chi connectivity index (χ1v) is 13.7. The zero-order chi connectivity index (χ0) is 24.5. The fourth-order valence-electron chi connectivity index (χ4n) is 5.65. The SMILES string of the molecule is CCCC1CCC(CCc2ccc(/C=C/c3ccc(CC(C)c4ccccc4)cc3)c(F)c2)CC1. The van der Waals surface area contributed by atoms with Crippen LogP contribution in [-0.2, 0) is 12.8 Å². The van der Waals surface area contributed by atoms with Crippen LogP contribution < -0.4 is 0 Å². The maximum atomic E-state index is 14.8. The summed E-state index contributed by atoms with van der Waals surface area (Å²) in [6, 6.07) is 25.1. The molecule has 0 aliphatic heterocycles. The lowest BCUT2D eigenvalue weighted by atomic mass is 9.78. The van der Waals surface area contributed by atoms with Crippen LogP contribution in [0.4, 0.5) is 4.39 Å². The minimum absolute atomic E-state index is 0.112. The number of hydrogen-bond donors (Lipinski definition) is 0. The maximum Gasteiger partial charge on any atom is 0.130 e. The highest BCUT2D eigenvalue weighted by Gasteiger charge is 2.20. The molecule has 1 aliphatic rings. The highest BCUT2D eigenvalue weighted by molar-refractivity contribution is 5.70. The van der Waals surface area contributed by atoms with Crippen molar-refractivity contribution in [3.8, 4) is 0 Å². The molecule has 0 heterocycles. The van der Waals surface area contributed by atoms with Crippen molar-refractivity contribution in [2.75, 3.05) is 0 Å². The zero-order valence-corrected chi connectivity index (χ0v) is 21.6. The molecule has 0 N–H and O–H groups in total. The van der Waals surface area contributed by atoms with E-state index in [1.54, 1.807) is 6.07 Å². The average molecular weight is 469 g/mol. The van der Waals surface area contributed by atoms with Crippen LogP contribution in [0.2, 0.25) is 0 Å². The molecule has 3 aromatic carbocycles. The predicted molar refractivity (Wildman–Crippen MR) is 149 cm³/mol. The van der Waals surface area contributed by atoms with Gasteiger partial charge in [-0.1, -0.05) is 131 Å². The summed E-state index contributed by atoms with van der Waals surface area (Å²) in [6.45, 7) is 4.57. The second kappa shape index (κ2) is 12.9. The van der Waals surface area contributed by atoms with E-state index in [-0.39, 0.29) is 5.82 Å². The Morgan fingerprint density at radius 3 is 2.11 bits per heavy atom. The van der Waals surface area contributed by atoms with Crippen molar-refractivity contribution < 1.29 is 4.39 Å². The van der Waals surface area contributed by atoms with E-state index in [1.165, 1.54) is 56.1 Å². The van der Waals surface area contributed by atoms with Gasteiger partial charge in [-0.05, 0) is 65.3 Å². The van der Waals surface area contributed by atoms with Crippen LogP contribution in [0.5, 0.6) is 0 Å². The van der Waals surface area contributed by atoms with E-state index in [4.69, 9.17) is 0 Å². The standard InChI is InChI=1S/C34H41F/c1-3-7-27-10-12-28(13-11-27)16-19-31-21-23-33(34(35)25-31)22-20-29-14-17-30(18-15-29)24-26(2)32-8-5-4-6-9-32/h4-6,8-9,14-15,17-18,20-23,25-28H,3,7,10-13,16,19,24H2,1-2H3/b22-20+. The molecule has 1 heteroatoms. The van der Waals surface area contributed by atoms with Crippen molar-refractivity contribution in [2.24, 2.45) is 11.8 Å². The van der Waals surface area contributed by atoms with Gasteiger partial charge in [-0.15, -0.1) is 0 Å². The van der Waals surface area contributed by atoms with E-state index in [1.807, 2.05) is 18.2 Å². The zero-order valence-electron chi connectivity index (χ0n) is 21.6. The van der Waals surface area contributed by atoms with Crippen LogP contribution in [0.1, 0.15) is 92.5 Å². The molecule has 1 atom stereocenters. The second-order valence-corrected chi connectivity index (χ2v) is 10.7. The molecule has 0 radical (unpaired) electrons. The molecule has 4 rings (SSSR count). The minimum atomic E-state index is -0.112. The Morgan fingerprint density at radius 2 is 1.46 bits per heavy atom. The van der Waals surface area contributed by atoms with Gasteiger partial charge in [0, 0.05) is 5.56 Å². The first-order chi connectivity index (χ1) is 17.1. The van der Waals surface area contributed by atoms with Crippen LogP contribution in [0.25, 0.3) is 12.2 Å². The van der Waals surface area contributed by atoms with Gasteiger partial charge in [-0.3, -0.25) is 0 Å². The summed E-state index contributed by atoms with van der Waals surface area (Å²) in [5.41, 5.74) is 5.59. The molecule has 1 saturated carbocycles. The van der Waals surface area contributed by atoms with E-state index in [9.17, 15) is 4.39 Å². The number of hydrogen-bond acceptors (Lipinski definition) is 0. The third-order valence-corrected chi connectivity index (χ3v) is 7.91. The molecule has 3 aromatic rings. The van der Waals surface area contributed by atoms with E-state index < -0.39 is 0 Å². The molecule has 1 fully saturated rings. The van der Waals surface area contributed by atoms with Crippen LogP contribution in [0.3, 0.4) is 0 Å². The quantitative estimate of drug-likeness (QED) is 0.260. The summed E-state index contributed by atoms with van der Waals surface area (Å²) in [6.07, 6.45) is 15.3. The van der Waals surface area contributed by atoms with Crippen molar-refractivity contribution >= 4 is 12.2 Å². The fourth-order valence-corrected chi connectivity index (χ4v) is 5.65. The van der Waals surface area contributed by atoms with E-state index in [2.05, 4.69) is 74.5 Å². The highest BCUT2D eigenvalue weighted by atomic mass is 19.1. The van der Waals surface area contributed by atoms with E-state index in [0.717, 1.165) is 35.8 Å². The van der Waals surface area contributed by atoms with Gasteiger partial charge in [0.05, 0.1) is 0 Å². The van der Waals surface area contributed by atoms with Gasteiger partial charge in [0.25, 0.3) is 0 Å². The van der Waals surface area contributed by atoms with Crippen molar-refractivity contribution in [1.29, 1.82) is 0 Å². The van der Waals surface area contributed by atoms with Gasteiger partial charge in [-0.25, -0.2) is 4.39 Å². The maximum absolute atomic E-state index is 14.8. The molecule has 0 bridgehead atoms. The Kier molecular flexibility index (Phi) is 9.35. The summed E-state index contributed by atoms with van der Waals surface area (Å²) in [5, 5.41) is 0. The minimum Gasteiger partial charge on any atom is -0.206 e.